The van der Waals surface area contributed by atoms with Crippen molar-refractivity contribution in [3.8, 4) is 0 Å². The molecule has 0 aliphatic carbocycles. The van der Waals surface area contributed by atoms with E-state index in [1.807, 2.05) is 0 Å². The van der Waals surface area contributed by atoms with Gasteiger partial charge in [0.15, 0.2) is 0 Å². The number of rotatable bonds is 2. The topological polar surface area (TPSA) is 29.1 Å². The van der Waals surface area contributed by atoms with Crippen molar-refractivity contribution in [3.63, 3.8) is 0 Å². The lowest BCUT2D eigenvalue weighted by atomic mass is 10.8. The normalized spacial score (nSPS) is 8.40. The maximum absolute atomic E-state index is 9.40. The maximum atomic E-state index is 9.40. The Morgan fingerprint density at radius 1 is 1.80 bits per heavy atom. The molecule has 0 saturated carbocycles. The lowest BCUT2D eigenvalue weighted by molar-refractivity contribution is 0.0948. The van der Waals surface area contributed by atoms with E-state index < -0.39 is 0 Å². The molecule has 0 aromatic carbocycles. The molecule has 0 unspecified atom stereocenters. The van der Waals surface area contributed by atoms with Gasteiger partial charge in [0.1, 0.15) is 6.61 Å². The van der Waals surface area contributed by atoms with E-state index in [9.17, 15) is 5.11 Å². The number of hydrogen-bond acceptors (Lipinski definition) is 1. The number of methoxy groups -OCH3 is 1. The summed E-state index contributed by atoms with van der Waals surface area (Å²) in [5, 5.41) is 9.40. The van der Waals surface area contributed by atoms with Gasteiger partial charge >= 0.3 is 0 Å². The van der Waals surface area contributed by atoms with Crippen LogP contribution in [0.1, 0.15) is 0 Å². The van der Waals surface area contributed by atoms with E-state index in [0.29, 0.717) is 6.61 Å². The SMILES string of the molecule is COCC[O]. The summed E-state index contributed by atoms with van der Waals surface area (Å²) in [5.74, 6) is 0. The summed E-state index contributed by atoms with van der Waals surface area (Å²) >= 11 is 0. The molecule has 0 amide bonds. The summed E-state index contributed by atoms with van der Waals surface area (Å²) in [4.78, 5) is 0. The van der Waals surface area contributed by atoms with Crippen LogP contribution in [0.4, 0.5) is 0 Å². The molecule has 0 N–H and O–H groups in total. The molecule has 0 fully saturated rings. The van der Waals surface area contributed by atoms with Gasteiger partial charge in [0.25, 0.3) is 0 Å². The highest BCUT2D eigenvalue weighted by Crippen LogP contribution is 1.57. The van der Waals surface area contributed by atoms with Crippen LogP contribution in [-0.4, -0.2) is 20.3 Å². The molecule has 0 aliphatic rings. The maximum Gasteiger partial charge on any atom is 0.106 e. The smallest absolute Gasteiger partial charge is 0.106 e. The molecule has 5 heavy (non-hydrogen) atoms. The molecule has 0 aromatic heterocycles. The number of ether oxygens (including phenoxy) is 1. The van der Waals surface area contributed by atoms with E-state index in [1.165, 1.54) is 7.11 Å². The molecule has 0 bridgehead atoms. The summed E-state index contributed by atoms with van der Waals surface area (Å²) in [5.41, 5.74) is 0. The van der Waals surface area contributed by atoms with Gasteiger partial charge < -0.3 is 4.74 Å². The van der Waals surface area contributed by atoms with Gasteiger partial charge in [-0.15, -0.1) is 0 Å². The third-order valence-electron chi connectivity index (χ3n) is 0.287. The molecule has 0 heterocycles. The lowest BCUT2D eigenvalue weighted by Crippen LogP contribution is -1.90. The third kappa shape index (κ3) is 3.92. The first-order valence-electron chi connectivity index (χ1n) is 1.49. The van der Waals surface area contributed by atoms with Crippen molar-refractivity contribution in [2.75, 3.05) is 20.3 Å². The summed E-state index contributed by atoms with van der Waals surface area (Å²) < 4.78 is 4.38. The van der Waals surface area contributed by atoms with Crippen LogP contribution < -0.4 is 0 Å². The Morgan fingerprint density at radius 2 is 2.40 bits per heavy atom. The Hall–Kier alpha value is -0.0800. The minimum absolute atomic E-state index is 0.128. The Morgan fingerprint density at radius 3 is 2.40 bits per heavy atom. The van der Waals surface area contributed by atoms with Gasteiger partial charge in [-0.25, -0.2) is 5.11 Å². The predicted octanol–water partition coefficient (Wildman–Crippen LogP) is 0.0633. The Labute approximate surface area is 31.4 Å². The highest BCUT2D eigenvalue weighted by molar-refractivity contribution is 4.12. The van der Waals surface area contributed by atoms with Crippen molar-refractivity contribution in [1.82, 2.24) is 0 Å². The van der Waals surface area contributed by atoms with Crippen molar-refractivity contribution in [2.24, 2.45) is 0 Å². The van der Waals surface area contributed by atoms with Crippen LogP contribution in [0.3, 0.4) is 0 Å². The van der Waals surface area contributed by atoms with Crippen molar-refractivity contribution in [2.45, 2.75) is 0 Å². The van der Waals surface area contributed by atoms with E-state index in [0.717, 1.165) is 0 Å². The van der Waals surface area contributed by atoms with Crippen LogP contribution in [0.25, 0.3) is 0 Å². The third-order valence-corrected chi connectivity index (χ3v) is 0.287. The fourth-order valence-electron chi connectivity index (χ4n) is 0.0833. The molecule has 0 saturated heterocycles. The average Bonchev–Trinajstić information content (AvgIpc) is 1.41. The molecule has 0 rings (SSSR count). The van der Waals surface area contributed by atoms with E-state index in [-0.39, 0.29) is 6.61 Å². The zero-order valence-electron chi connectivity index (χ0n) is 3.23. The summed E-state index contributed by atoms with van der Waals surface area (Å²) in [7, 11) is 1.51. The van der Waals surface area contributed by atoms with Gasteiger partial charge in [-0.2, -0.15) is 0 Å². The van der Waals surface area contributed by atoms with Gasteiger partial charge in [-0.1, -0.05) is 0 Å². The molecule has 2 nitrogen and oxygen atoms in total. The minimum atomic E-state index is -0.128. The molecule has 0 aromatic rings. The van der Waals surface area contributed by atoms with Crippen LogP contribution in [0.5, 0.6) is 0 Å². The molecule has 0 aliphatic heterocycles. The second-order valence-corrected chi connectivity index (χ2v) is 0.697. The van der Waals surface area contributed by atoms with E-state index in [2.05, 4.69) is 4.74 Å². The largest absolute Gasteiger partial charge is 0.382 e. The molecule has 1 radical (unpaired) electrons. The molecule has 0 spiro atoms. The lowest BCUT2D eigenvalue weighted by Gasteiger charge is -1.82. The zero-order valence-corrected chi connectivity index (χ0v) is 3.23. The van der Waals surface area contributed by atoms with Crippen molar-refractivity contribution < 1.29 is 9.84 Å². The standard InChI is InChI=1S/C3H7O2/c1-5-3-2-4/h2-3H2,1H3. The van der Waals surface area contributed by atoms with Gasteiger partial charge in [0.2, 0.25) is 0 Å². The van der Waals surface area contributed by atoms with Gasteiger partial charge in [0.05, 0.1) is 6.61 Å². The molecule has 2 heteroatoms. The van der Waals surface area contributed by atoms with E-state index in [1.54, 1.807) is 0 Å². The summed E-state index contributed by atoms with van der Waals surface area (Å²) in [6.07, 6.45) is 0. The Bertz CT molecular complexity index is 12.4. The molecular formula is C3H7O2. The zero-order chi connectivity index (χ0) is 4.12. The van der Waals surface area contributed by atoms with E-state index in [4.69, 9.17) is 0 Å². The first-order valence-corrected chi connectivity index (χ1v) is 1.49. The first-order chi connectivity index (χ1) is 2.41. The highest BCUT2D eigenvalue weighted by Gasteiger charge is 1.69. The van der Waals surface area contributed by atoms with Crippen molar-refractivity contribution in [3.05, 3.63) is 0 Å². The summed E-state index contributed by atoms with van der Waals surface area (Å²) in [6.45, 7) is 0.205. The minimum Gasteiger partial charge on any atom is -0.382 e. The fraction of sp³-hybridized carbons (Fsp3) is 1.00. The van der Waals surface area contributed by atoms with Crippen LogP contribution in [-0.2, 0) is 9.84 Å². The van der Waals surface area contributed by atoms with E-state index >= 15 is 0 Å². The van der Waals surface area contributed by atoms with Gasteiger partial charge in [-0.05, 0) is 0 Å². The summed E-state index contributed by atoms with van der Waals surface area (Å²) in [6, 6.07) is 0. The van der Waals surface area contributed by atoms with Crippen molar-refractivity contribution >= 4 is 0 Å². The van der Waals surface area contributed by atoms with Crippen LogP contribution in [0, 0.1) is 0 Å². The molecular weight excluding hydrogens is 68.0 g/mol. The quantitative estimate of drug-likeness (QED) is 0.456. The fourth-order valence-corrected chi connectivity index (χ4v) is 0.0833. The second kappa shape index (κ2) is 3.92. The van der Waals surface area contributed by atoms with Crippen molar-refractivity contribution in [1.29, 1.82) is 0 Å². The Balaban J connectivity index is 2.19. The predicted molar refractivity (Wildman–Crippen MR) is 17.4 cm³/mol. The van der Waals surface area contributed by atoms with Gasteiger partial charge in [-0.3, -0.25) is 0 Å². The molecule has 31 valence electrons. The van der Waals surface area contributed by atoms with Gasteiger partial charge in [0, 0.05) is 7.11 Å². The van der Waals surface area contributed by atoms with Crippen LogP contribution in [0.15, 0.2) is 0 Å². The van der Waals surface area contributed by atoms with Crippen LogP contribution >= 0.6 is 0 Å². The molecule has 0 atom stereocenters. The Kier molecular flexibility index (Phi) is 3.86. The monoisotopic (exact) mass is 75.0 g/mol. The average molecular weight is 75.1 g/mol. The number of hydrogen-bond donors (Lipinski definition) is 0. The highest BCUT2D eigenvalue weighted by atomic mass is 16.5. The second-order valence-electron chi connectivity index (χ2n) is 0.697. The van der Waals surface area contributed by atoms with Crippen LogP contribution in [0.2, 0.25) is 0 Å². The first kappa shape index (κ1) is 4.92.